The molecular weight excluding hydrogens is 158 g/mol. The van der Waals surface area contributed by atoms with E-state index in [2.05, 4.69) is 5.32 Å². The molecule has 0 heterocycles. The van der Waals surface area contributed by atoms with Gasteiger partial charge in [0.15, 0.2) is 0 Å². The number of nitrogens with one attached hydrogen (secondary N) is 1. The summed E-state index contributed by atoms with van der Waals surface area (Å²) in [7, 11) is 0. The molecule has 4 heteroatoms. The van der Waals surface area contributed by atoms with Crippen molar-refractivity contribution in [2.45, 2.75) is 27.2 Å². The van der Waals surface area contributed by atoms with Crippen molar-refractivity contribution in [2.75, 3.05) is 6.54 Å². The summed E-state index contributed by atoms with van der Waals surface area (Å²) < 4.78 is 0. The lowest BCUT2D eigenvalue weighted by Crippen LogP contribution is -2.31. The van der Waals surface area contributed by atoms with Crippen LogP contribution in [0.25, 0.3) is 0 Å². The summed E-state index contributed by atoms with van der Waals surface area (Å²) in [5.41, 5.74) is -0.0947. The number of carbonyl (C=O) groups excluding carboxylic acids is 1. The Hall–Kier alpha value is -1.06. The maximum atomic E-state index is 11.0. The molecular formula is C8H15NO3. The Morgan fingerprint density at radius 3 is 2.17 bits per heavy atom. The van der Waals surface area contributed by atoms with Crippen LogP contribution >= 0.6 is 0 Å². The average Bonchev–Trinajstić information content (AvgIpc) is 1.79. The van der Waals surface area contributed by atoms with Crippen LogP contribution in [0.5, 0.6) is 0 Å². The smallest absolute Gasteiger partial charge is 0.322 e. The van der Waals surface area contributed by atoms with Crippen LogP contribution in [0.2, 0.25) is 0 Å². The van der Waals surface area contributed by atoms with Crippen LogP contribution in [0, 0.1) is 5.41 Å². The minimum Gasteiger partial charge on any atom is -0.480 e. The SMILES string of the molecule is CC(C)(C)CC(=O)NCC(=O)O. The van der Waals surface area contributed by atoms with E-state index in [1.165, 1.54) is 0 Å². The fourth-order valence-corrected chi connectivity index (χ4v) is 0.718. The first-order valence-corrected chi connectivity index (χ1v) is 3.80. The van der Waals surface area contributed by atoms with Crippen molar-refractivity contribution < 1.29 is 14.7 Å². The Labute approximate surface area is 72.0 Å². The summed E-state index contributed by atoms with van der Waals surface area (Å²) in [6.45, 7) is 5.48. The maximum absolute atomic E-state index is 11.0. The van der Waals surface area contributed by atoms with E-state index in [1.807, 2.05) is 20.8 Å². The molecule has 0 aliphatic rings. The predicted molar refractivity (Wildman–Crippen MR) is 44.7 cm³/mol. The number of hydrogen-bond acceptors (Lipinski definition) is 2. The molecule has 0 saturated heterocycles. The summed E-state index contributed by atoms with van der Waals surface area (Å²) >= 11 is 0. The van der Waals surface area contributed by atoms with Crippen molar-refractivity contribution in [3.8, 4) is 0 Å². The van der Waals surface area contributed by atoms with Crippen molar-refractivity contribution in [2.24, 2.45) is 5.41 Å². The zero-order valence-electron chi connectivity index (χ0n) is 7.68. The summed E-state index contributed by atoms with van der Waals surface area (Å²) in [5, 5.41) is 10.5. The van der Waals surface area contributed by atoms with E-state index in [-0.39, 0.29) is 17.9 Å². The summed E-state index contributed by atoms with van der Waals surface area (Å²) in [6.07, 6.45) is 0.347. The highest BCUT2D eigenvalue weighted by molar-refractivity contribution is 5.81. The molecule has 0 aromatic rings. The van der Waals surface area contributed by atoms with Gasteiger partial charge in [0.2, 0.25) is 5.91 Å². The number of carbonyl (C=O) groups is 2. The number of carboxylic acid groups (broad SMARTS) is 1. The molecule has 12 heavy (non-hydrogen) atoms. The van der Waals surface area contributed by atoms with Crippen LogP contribution < -0.4 is 5.32 Å². The molecule has 0 radical (unpaired) electrons. The highest BCUT2D eigenvalue weighted by Gasteiger charge is 2.15. The van der Waals surface area contributed by atoms with Gasteiger partial charge in [0, 0.05) is 6.42 Å². The van der Waals surface area contributed by atoms with Gasteiger partial charge in [-0.25, -0.2) is 0 Å². The Balaban J connectivity index is 3.68. The second-order valence-electron chi connectivity index (χ2n) is 3.91. The molecule has 0 spiro atoms. The molecule has 0 atom stereocenters. The highest BCUT2D eigenvalue weighted by Crippen LogP contribution is 2.17. The minimum atomic E-state index is -1.02. The average molecular weight is 173 g/mol. The van der Waals surface area contributed by atoms with Crippen molar-refractivity contribution in [3.63, 3.8) is 0 Å². The van der Waals surface area contributed by atoms with Crippen molar-refractivity contribution in [3.05, 3.63) is 0 Å². The fourth-order valence-electron chi connectivity index (χ4n) is 0.718. The molecule has 0 fully saturated rings. The van der Waals surface area contributed by atoms with Gasteiger partial charge >= 0.3 is 5.97 Å². The number of amides is 1. The van der Waals surface area contributed by atoms with Crippen LogP contribution in [0.3, 0.4) is 0 Å². The molecule has 4 nitrogen and oxygen atoms in total. The van der Waals surface area contributed by atoms with Crippen LogP contribution in [-0.4, -0.2) is 23.5 Å². The van der Waals surface area contributed by atoms with E-state index >= 15 is 0 Å². The summed E-state index contributed by atoms with van der Waals surface area (Å²) in [4.78, 5) is 21.0. The number of rotatable bonds is 3. The topological polar surface area (TPSA) is 66.4 Å². The zero-order valence-corrected chi connectivity index (χ0v) is 7.68. The first-order valence-electron chi connectivity index (χ1n) is 3.80. The van der Waals surface area contributed by atoms with E-state index < -0.39 is 5.97 Å². The molecule has 0 aliphatic heterocycles. The van der Waals surface area contributed by atoms with Crippen LogP contribution in [0.1, 0.15) is 27.2 Å². The van der Waals surface area contributed by atoms with Crippen LogP contribution in [-0.2, 0) is 9.59 Å². The first kappa shape index (κ1) is 10.9. The number of aliphatic carboxylic acids is 1. The van der Waals surface area contributed by atoms with Crippen LogP contribution in [0.4, 0.5) is 0 Å². The predicted octanol–water partition coefficient (Wildman–Crippen LogP) is 0.623. The van der Waals surface area contributed by atoms with E-state index in [4.69, 9.17) is 5.11 Å². The van der Waals surface area contributed by atoms with E-state index in [9.17, 15) is 9.59 Å². The molecule has 0 aromatic carbocycles. The molecule has 0 aromatic heterocycles. The number of hydrogen-bond donors (Lipinski definition) is 2. The monoisotopic (exact) mass is 173 g/mol. The molecule has 0 saturated carbocycles. The minimum absolute atomic E-state index is 0.0947. The lowest BCUT2D eigenvalue weighted by molar-refractivity contribution is -0.138. The molecule has 2 N–H and O–H groups in total. The highest BCUT2D eigenvalue weighted by atomic mass is 16.4. The second kappa shape index (κ2) is 4.09. The van der Waals surface area contributed by atoms with Gasteiger partial charge in [0.1, 0.15) is 6.54 Å². The Kier molecular flexibility index (Phi) is 3.73. The van der Waals surface area contributed by atoms with Gasteiger partial charge in [-0.15, -0.1) is 0 Å². The Morgan fingerprint density at radius 2 is 1.83 bits per heavy atom. The lowest BCUT2D eigenvalue weighted by Gasteiger charge is -2.16. The number of carboxylic acids is 1. The Morgan fingerprint density at radius 1 is 1.33 bits per heavy atom. The van der Waals surface area contributed by atoms with Gasteiger partial charge in [-0.2, -0.15) is 0 Å². The maximum Gasteiger partial charge on any atom is 0.322 e. The summed E-state index contributed by atoms with van der Waals surface area (Å²) in [5.74, 6) is -1.23. The third kappa shape index (κ3) is 7.05. The quantitative estimate of drug-likeness (QED) is 0.657. The molecule has 0 bridgehead atoms. The molecule has 0 aliphatic carbocycles. The van der Waals surface area contributed by atoms with E-state index in [1.54, 1.807) is 0 Å². The fraction of sp³-hybridized carbons (Fsp3) is 0.750. The largest absolute Gasteiger partial charge is 0.480 e. The molecule has 70 valence electrons. The van der Waals surface area contributed by atoms with Gasteiger partial charge in [-0.05, 0) is 5.41 Å². The zero-order chi connectivity index (χ0) is 9.78. The van der Waals surface area contributed by atoms with Gasteiger partial charge in [0.25, 0.3) is 0 Å². The summed E-state index contributed by atoms with van der Waals surface area (Å²) in [6, 6.07) is 0. The Bertz CT molecular complexity index is 181. The third-order valence-corrected chi connectivity index (χ3v) is 1.13. The van der Waals surface area contributed by atoms with Crippen molar-refractivity contribution >= 4 is 11.9 Å². The van der Waals surface area contributed by atoms with E-state index in [0.29, 0.717) is 6.42 Å². The third-order valence-electron chi connectivity index (χ3n) is 1.13. The van der Waals surface area contributed by atoms with Crippen molar-refractivity contribution in [1.29, 1.82) is 0 Å². The van der Waals surface area contributed by atoms with Crippen LogP contribution in [0.15, 0.2) is 0 Å². The first-order chi connectivity index (χ1) is 5.31. The lowest BCUT2D eigenvalue weighted by atomic mass is 9.92. The van der Waals surface area contributed by atoms with Gasteiger partial charge in [-0.1, -0.05) is 20.8 Å². The molecule has 0 unspecified atom stereocenters. The van der Waals surface area contributed by atoms with Gasteiger partial charge < -0.3 is 10.4 Å². The van der Waals surface area contributed by atoms with E-state index in [0.717, 1.165) is 0 Å². The van der Waals surface area contributed by atoms with Gasteiger partial charge in [-0.3, -0.25) is 9.59 Å². The van der Waals surface area contributed by atoms with Gasteiger partial charge in [0.05, 0.1) is 0 Å². The molecule has 1 amide bonds. The second-order valence-corrected chi connectivity index (χ2v) is 3.91. The van der Waals surface area contributed by atoms with Crippen molar-refractivity contribution in [1.82, 2.24) is 5.32 Å². The standard InChI is InChI=1S/C8H15NO3/c1-8(2,3)4-6(10)9-5-7(11)12/h4-5H2,1-3H3,(H,9,10)(H,11,12). The normalized spacial score (nSPS) is 10.9. The molecule has 0 rings (SSSR count).